The van der Waals surface area contributed by atoms with Crippen molar-refractivity contribution in [2.45, 2.75) is 25.6 Å². The zero-order chi connectivity index (χ0) is 14.0. The Kier molecular flexibility index (Phi) is 4.04. The fraction of sp³-hybridized carbons (Fsp3) is 0.385. The van der Waals surface area contributed by atoms with Crippen LogP contribution in [0, 0.1) is 5.82 Å². The van der Waals surface area contributed by atoms with Crippen LogP contribution < -0.4 is 4.74 Å². The molecule has 1 aromatic heterocycles. The highest BCUT2D eigenvalue weighted by Gasteiger charge is 2.17. The summed E-state index contributed by atoms with van der Waals surface area (Å²) in [5.74, 6) is 0.241. The predicted octanol–water partition coefficient (Wildman–Crippen LogP) is 3.28. The Balaban J connectivity index is 2.53. The highest BCUT2D eigenvalue weighted by Crippen LogP contribution is 2.25. The molecule has 0 bridgehead atoms. The van der Waals surface area contributed by atoms with E-state index in [0.717, 1.165) is 5.69 Å². The second kappa shape index (κ2) is 5.57. The third-order valence-corrected chi connectivity index (χ3v) is 3.09. The summed E-state index contributed by atoms with van der Waals surface area (Å²) in [6.07, 6.45) is 0. The van der Waals surface area contributed by atoms with E-state index in [0.29, 0.717) is 11.4 Å². The number of rotatable bonds is 4. The minimum Gasteiger partial charge on any atom is -0.494 e. The van der Waals surface area contributed by atoms with Gasteiger partial charge in [-0.15, -0.1) is 16.7 Å². The number of hydrogen-bond donors (Lipinski definition) is 0. The summed E-state index contributed by atoms with van der Waals surface area (Å²) in [5, 5.41) is 8.08. The standard InChI is InChI=1S/C13H15ClFN3O/c1-8(2)13-11(7-14)16-17-18(13)9-4-5-12(19-3)10(15)6-9/h4-6,8H,7H2,1-3H3. The predicted molar refractivity (Wildman–Crippen MR) is 71.5 cm³/mol. The van der Waals surface area contributed by atoms with E-state index in [4.69, 9.17) is 16.3 Å². The van der Waals surface area contributed by atoms with Crippen molar-refractivity contribution in [2.24, 2.45) is 0 Å². The van der Waals surface area contributed by atoms with Gasteiger partial charge in [-0.1, -0.05) is 19.1 Å². The Hall–Kier alpha value is -1.62. The largest absolute Gasteiger partial charge is 0.494 e. The number of aromatic nitrogens is 3. The van der Waals surface area contributed by atoms with E-state index in [-0.39, 0.29) is 17.5 Å². The average Bonchev–Trinajstić information content (AvgIpc) is 2.82. The van der Waals surface area contributed by atoms with E-state index in [1.807, 2.05) is 13.8 Å². The molecule has 0 fully saturated rings. The second-order valence-electron chi connectivity index (χ2n) is 4.44. The molecule has 0 N–H and O–H groups in total. The van der Waals surface area contributed by atoms with Gasteiger partial charge in [0.1, 0.15) is 5.69 Å². The molecule has 0 unspecified atom stereocenters. The van der Waals surface area contributed by atoms with Gasteiger partial charge in [-0.3, -0.25) is 0 Å². The van der Waals surface area contributed by atoms with Crippen molar-refractivity contribution in [1.29, 1.82) is 0 Å². The van der Waals surface area contributed by atoms with Crippen molar-refractivity contribution >= 4 is 11.6 Å². The molecule has 2 rings (SSSR count). The number of methoxy groups -OCH3 is 1. The van der Waals surface area contributed by atoms with Crippen LogP contribution in [0.4, 0.5) is 4.39 Å². The number of hydrogen-bond acceptors (Lipinski definition) is 3. The molecule has 1 heterocycles. The van der Waals surface area contributed by atoms with Crippen LogP contribution in [-0.4, -0.2) is 22.1 Å². The first-order valence-corrected chi connectivity index (χ1v) is 6.46. The summed E-state index contributed by atoms with van der Waals surface area (Å²) in [7, 11) is 1.43. The Morgan fingerprint density at radius 3 is 2.68 bits per heavy atom. The number of benzene rings is 1. The van der Waals surface area contributed by atoms with E-state index in [1.54, 1.807) is 16.8 Å². The smallest absolute Gasteiger partial charge is 0.167 e. The first kappa shape index (κ1) is 13.8. The van der Waals surface area contributed by atoms with Gasteiger partial charge >= 0.3 is 0 Å². The Labute approximate surface area is 116 Å². The highest BCUT2D eigenvalue weighted by atomic mass is 35.5. The van der Waals surface area contributed by atoms with Crippen LogP contribution in [0.2, 0.25) is 0 Å². The molecule has 2 aromatic rings. The molecule has 0 atom stereocenters. The van der Waals surface area contributed by atoms with Crippen molar-refractivity contribution in [3.05, 3.63) is 35.4 Å². The number of halogens is 2. The maximum atomic E-state index is 13.7. The van der Waals surface area contributed by atoms with Gasteiger partial charge < -0.3 is 4.74 Å². The summed E-state index contributed by atoms with van der Waals surface area (Å²) in [6.45, 7) is 4.04. The SMILES string of the molecule is COc1ccc(-n2nnc(CCl)c2C(C)C)cc1F. The monoisotopic (exact) mass is 283 g/mol. The third kappa shape index (κ3) is 2.56. The van der Waals surface area contributed by atoms with E-state index >= 15 is 0 Å². The fourth-order valence-corrected chi connectivity index (χ4v) is 2.16. The summed E-state index contributed by atoms with van der Waals surface area (Å²) in [4.78, 5) is 0. The second-order valence-corrected chi connectivity index (χ2v) is 4.71. The molecule has 4 nitrogen and oxygen atoms in total. The van der Waals surface area contributed by atoms with Crippen LogP contribution in [0.5, 0.6) is 5.75 Å². The number of alkyl halides is 1. The Bertz CT molecular complexity index is 583. The van der Waals surface area contributed by atoms with Gasteiger partial charge in [-0.2, -0.15) is 0 Å². The van der Waals surface area contributed by atoms with Gasteiger partial charge in [0.05, 0.1) is 24.4 Å². The van der Waals surface area contributed by atoms with Crippen LogP contribution in [0.25, 0.3) is 5.69 Å². The van der Waals surface area contributed by atoms with Crippen molar-refractivity contribution in [2.75, 3.05) is 7.11 Å². The molecule has 0 saturated heterocycles. The summed E-state index contributed by atoms with van der Waals surface area (Å²) in [6, 6.07) is 4.68. The van der Waals surface area contributed by atoms with Crippen LogP contribution in [0.3, 0.4) is 0 Å². The molecule has 19 heavy (non-hydrogen) atoms. The molecular weight excluding hydrogens is 269 g/mol. The maximum Gasteiger partial charge on any atom is 0.167 e. The lowest BCUT2D eigenvalue weighted by molar-refractivity contribution is 0.386. The van der Waals surface area contributed by atoms with Crippen LogP contribution in [0.15, 0.2) is 18.2 Å². The van der Waals surface area contributed by atoms with Gasteiger partial charge in [-0.05, 0) is 18.1 Å². The molecule has 0 aliphatic rings. The lowest BCUT2D eigenvalue weighted by atomic mass is 10.1. The number of nitrogens with zero attached hydrogens (tertiary/aromatic N) is 3. The highest BCUT2D eigenvalue weighted by molar-refractivity contribution is 6.16. The molecule has 0 radical (unpaired) electrons. The first-order chi connectivity index (χ1) is 9.08. The molecule has 0 amide bonds. The van der Waals surface area contributed by atoms with Crippen LogP contribution >= 0.6 is 11.6 Å². The summed E-state index contributed by atoms with van der Waals surface area (Å²) in [5.41, 5.74) is 2.21. The van der Waals surface area contributed by atoms with Gasteiger partial charge in [-0.25, -0.2) is 9.07 Å². The van der Waals surface area contributed by atoms with E-state index < -0.39 is 5.82 Å². The molecule has 0 saturated carbocycles. The molecule has 0 aliphatic carbocycles. The summed E-state index contributed by atoms with van der Waals surface area (Å²) < 4.78 is 20.3. The lowest BCUT2D eigenvalue weighted by Crippen LogP contribution is -2.06. The molecule has 0 aliphatic heterocycles. The van der Waals surface area contributed by atoms with Gasteiger partial charge in [0.2, 0.25) is 0 Å². The van der Waals surface area contributed by atoms with Gasteiger partial charge in [0.15, 0.2) is 11.6 Å². The van der Waals surface area contributed by atoms with E-state index in [9.17, 15) is 4.39 Å². The van der Waals surface area contributed by atoms with E-state index in [2.05, 4.69) is 10.3 Å². The Morgan fingerprint density at radius 1 is 1.42 bits per heavy atom. The molecule has 102 valence electrons. The van der Waals surface area contributed by atoms with Crippen molar-refractivity contribution in [3.63, 3.8) is 0 Å². The maximum absolute atomic E-state index is 13.7. The van der Waals surface area contributed by atoms with Crippen molar-refractivity contribution in [3.8, 4) is 11.4 Å². The molecule has 1 aromatic carbocycles. The minimum atomic E-state index is -0.433. The quantitative estimate of drug-likeness (QED) is 0.809. The van der Waals surface area contributed by atoms with E-state index in [1.165, 1.54) is 13.2 Å². The fourth-order valence-electron chi connectivity index (χ4n) is 1.97. The first-order valence-electron chi connectivity index (χ1n) is 5.92. The summed E-state index contributed by atoms with van der Waals surface area (Å²) >= 11 is 5.85. The topological polar surface area (TPSA) is 39.9 Å². The third-order valence-electron chi connectivity index (χ3n) is 2.83. The number of ether oxygens (including phenoxy) is 1. The van der Waals surface area contributed by atoms with Crippen LogP contribution in [-0.2, 0) is 5.88 Å². The molecule has 0 spiro atoms. The molecular formula is C13H15ClFN3O. The normalized spacial score (nSPS) is 11.1. The van der Waals surface area contributed by atoms with Gasteiger partial charge in [0, 0.05) is 6.07 Å². The lowest BCUT2D eigenvalue weighted by Gasteiger charge is -2.11. The minimum absolute atomic E-state index is 0.189. The van der Waals surface area contributed by atoms with Crippen LogP contribution in [0.1, 0.15) is 31.2 Å². The molecule has 6 heteroatoms. The zero-order valence-corrected chi connectivity index (χ0v) is 11.8. The zero-order valence-electron chi connectivity index (χ0n) is 11.0. The van der Waals surface area contributed by atoms with Crippen molar-refractivity contribution in [1.82, 2.24) is 15.0 Å². The Morgan fingerprint density at radius 2 is 2.16 bits per heavy atom. The van der Waals surface area contributed by atoms with Gasteiger partial charge in [0.25, 0.3) is 0 Å². The average molecular weight is 284 g/mol. The van der Waals surface area contributed by atoms with Crippen molar-refractivity contribution < 1.29 is 9.13 Å².